The molecule has 1 saturated heterocycles. The molecule has 1 radical (unpaired) electrons. The predicted octanol–water partition coefficient (Wildman–Crippen LogP) is 1.36. The molecule has 0 aromatic carbocycles. The van der Waals surface area contributed by atoms with Crippen molar-refractivity contribution in [1.82, 2.24) is 0 Å². The topological polar surface area (TPSA) is 46.5 Å². The van der Waals surface area contributed by atoms with E-state index in [0.717, 1.165) is 19.1 Å². The number of carboxylic acid groups (broad SMARTS) is 1. The molecular formula is C8H13O3Si. The molecule has 12 heavy (non-hydrogen) atoms. The molecule has 67 valence electrons. The summed E-state index contributed by atoms with van der Waals surface area (Å²) in [6, 6.07) is 1.05. The number of hydrogen-bond acceptors (Lipinski definition) is 2. The van der Waals surface area contributed by atoms with Crippen LogP contribution in [0.2, 0.25) is 6.04 Å². The van der Waals surface area contributed by atoms with Gasteiger partial charge in [0.15, 0.2) is 0 Å². The lowest BCUT2D eigenvalue weighted by atomic mass is 10.4. The minimum Gasteiger partial charge on any atom is -0.478 e. The van der Waals surface area contributed by atoms with E-state index in [1.165, 1.54) is 6.42 Å². The third kappa shape index (κ3) is 2.79. The predicted molar refractivity (Wildman–Crippen MR) is 47.1 cm³/mol. The first-order chi connectivity index (χ1) is 5.70. The second kappa shape index (κ2) is 4.42. The first-order valence-electron chi connectivity index (χ1n) is 4.10. The van der Waals surface area contributed by atoms with Crippen LogP contribution in [0.25, 0.3) is 0 Å². The molecule has 0 aromatic rings. The summed E-state index contributed by atoms with van der Waals surface area (Å²) in [5.74, 6) is -0.832. The van der Waals surface area contributed by atoms with Crippen molar-refractivity contribution < 1.29 is 14.3 Å². The van der Waals surface area contributed by atoms with Gasteiger partial charge in [0.1, 0.15) is 0 Å². The molecular weight excluding hydrogens is 172 g/mol. The van der Waals surface area contributed by atoms with Crippen molar-refractivity contribution in [3.8, 4) is 0 Å². The van der Waals surface area contributed by atoms with Crippen LogP contribution in [0.1, 0.15) is 19.8 Å². The van der Waals surface area contributed by atoms with E-state index in [9.17, 15) is 4.79 Å². The summed E-state index contributed by atoms with van der Waals surface area (Å²) < 4.78 is 5.46. The lowest BCUT2D eigenvalue weighted by Gasteiger charge is -2.17. The lowest BCUT2D eigenvalue weighted by Crippen LogP contribution is -2.22. The molecule has 0 unspecified atom stereocenters. The summed E-state index contributed by atoms with van der Waals surface area (Å²) in [6.45, 7) is 2.43. The maximum Gasteiger partial charge on any atom is 0.330 e. The van der Waals surface area contributed by atoms with E-state index in [-0.39, 0.29) is 0 Å². The van der Waals surface area contributed by atoms with Crippen LogP contribution in [-0.4, -0.2) is 26.7 Å². The van der Waals surface area contributed by atoms with Crippen LogP contribution >= 0.6 is 0 Å². The van der Waals surface area contributed by atoms with Crippen LogP contribution in [0.15, 0.2) is 11.3 Å². The Balaban J connectivity index is 2.47. The van der Waals surface area contributed by atoms with Crippen LogP contribution in [0, 0.1) is 0 Å². The Labute approximate surface area is 73.8 Å². The van der Waals surface area contributed by atoms with E-state index in [1.54, 1.807) is 12.6 Å². The van der Waals surface area contributed by atoms with E-state index < -0.39 is 15.0 Å². The molecule has 4 heteroatoms. The summed E-state index contributed by atoms with van der Waals surface area (Å²) in [7, 11) is -0.935. The smallest absolute Gasteiger partial charge is 0.330 e. The number of hydrogen-bond donors (Lipinski definition) is 1. The van der Waals surface area contributed by atoms with Gasteiger partial charge in [0.05, 0.1) is 0 Å². The molecule has 1 N–H and O–H groups in total. The molecule has 0 atom stereocenters. The molecule has 0 spiro atoms. The lowest BCUT2D eigenvalue weighted by molar-refractivity contribution is -0.132. The molecule has 0 aliphatic carbocycles. The average Bonchev–Trinajstić information content (AvgIpc) is 2.06. The van der Waals surface area contributed by atoms with Gasteiger partial charge in [0.25, 0.3) is 0 Å². The Morgan fingerprint density at radius 2 is 2.33 bits per heavy atom. The third-order valence-corrected chi connectivity index (χ3v) is 4.00. The van der Waals surface area contributed by atoms with Crippen molar-refractivity contribution in [2.75, 3.05) is 6.61 Å². The first kappa shape index (κ1) is 9.47. The minimum atomic E-state index is -0.935. The fourth-order valence-electron chi connectivity index (χ4n) is 1.09. The summed E-state index contributed by atoms with van der Waals surface area (Å²) in [5, 5.41) is 8.61. The molecule has 1 fully saturated rings. The molecule has 3 nitrogen and oxygen atoms in total. The van der Waals surface area contributed by atoms with E-state index in [4.69, 9.17) is 9.53 Å². The van der Waals surface area contributed by atoms with Gasteiger partial charge in [-0.15, -0.1) is 0 Å². The Hall–Kier alpha value is -0.613. The fraction of sp³-hybridized carbons (Fsp3) is 0.625. The average molecular weight is 185 g/mol. The highest BCUT2D eigenvalue weighted by molar-refractivity contribution is 6.58. The van der Waals surface area contributed by atoms with E-state index in [2.05, 4.69) is 0 Å². The molecule has 1 heterocycles. The Morgan fingerprint density at radius 3 is 2.83 bits per heavy atom. The molecule has 0 bridgehead atoms. The van der Waals surface area contributed by atoms with E-state index in [0.29, 0.717) is 5.57 Å². The second-order valence-corrected chi connectivity index (χ2v) is 4.91. The highest BCUT2D eigenvalue weighted by Crippen LogP contribution is 2.12. The van der Waals surface area contributed by atoms with Crippen LogP contribution in [0.5, 0.6) is 0 Å². The van der Waals surface area contributed by atoms with E-state index in [1.807, 2.05) is 0 Å². The standard InChI is InChI=1S/C8H13O3Si/c1-7(8(9)10)6-12-5-3-2-4-11-12/h6H,2-5H2,1H3,(H,9,10)/b7-6+. The van der Waals surface area contributed by atoms with Gasteiger partial charge in [-0.05, 0) is 19.4 Å². The van der Waals surface area contributed by atoms with Gasteiger partial charge in [-0.1, -0.05) is 12.1 Å². The van der Waals surface area contributed by atoms with Gasteiger partial charge < -0.3 is 9.53 Å². The van der Waals surface area contributed by atoms with Crippen molar-refractivity contribution in [1.29, 1.82) is 0 Å². The largest absolute Gasteiger partial charge is 0.478 e. The quantitative estimate of drug-likeness (QED) is 0.522. The van der Waals surface area contributed by atoms with Crippen LogP contribution < -0.4 is 0 Å². The highest BCUT2D eigenvalue weighted by atomic mass is 28.3. The number of aliphatic carboxylic acids is 1. The molecule has 0 aromatic heterocycles. The van der Waals surface area contributed by atoms with Crippen LogP contribution in [-0.2, 0) is 9.22 Å². The SMILES string of the molecule is C/C(=C\[Si]1CCCCO1)C(=O)O. The van der Waals surface area contributed by atoms with Gasteiger partial charge >= 0.3 is 5.97 Å². The number of rotatable bonds is 2. The number of carbonyl (C=O) groups is 1. The van der Waals surface area contributed by atoms with Crippen molar-refractivity contribution in [2.24, 2.45) is 0 Å². The normalized spacial score (nSPS) is 20.9. The molecule has 1 aliphatic rings. The summed E-state index contributed by atoms with van der Waals surface area (Å²) in [6.07, 6.45) is 2.30. The first-order valence-corrected chi connectivity index (χ1v) is 5.79. The molecule has 1 rings (SSSR count). The molecule has 0 amide bonds. The van der Waals surface area contributed by atoms with Crippen molar-refractivity contribution in [2.45, 2.75) is 25.8 Å². The second-order valence-electron chi connectivity index (χ2n) is 2.90. The Kier molecular flexibility index (Phi) is 3.49. The maximum absolute atomic E-state index is 10.5. The fourth-order valence-corrected chi connectivity index (χ4v) is 3.08. The van der Waals surface area contributed by atoms with E-state index >= 15 is 0 Å². The maximum atomic E-state index is 10.5. The molecule has 0 saturated carbocycles. The Morgan fingerprint density at radius 1 is 1.58 bits per heavy atom. The number of carboxylic acids is 1. The third-order valence-electron chi connectivity index (χ3n) is 1.82. The zero-order valence-electron chi connectivity index (χ0n) is 7.17. The zero-order chi connectivity index (χ0) is 8.97. The van der Waals surface area contributed by atoms with Gasteiger partial charge in [-0.25, -0.2) is 4.79 Å². The molecule has 1 aliphatic heterocycles. The van der Waals surface area contributed by atoms with Gasteiger partial charge in [-0.2, -0.15) is 0 Å². The van der Waals surface area contributed by atoms with Crippen molar-refractivity contribution in [3.63, 3.8) is 0 Å². The van der Waals surface area contributed by atoms with Crippen molar-refractivity contribution >= 4 is 15.0 Å². The van der Waals surface area contributed by atoms with Crippen molar-refractivity contribution in [3.05, 3.63) is 11.3 Å². The summed E-state index contributed by atoms with van der Waals surface area (Å²) in [4.78, 5) is 10.5. The highest BCUT2D eigenvalue weighted by Gasteiger charge is 2.16. The van der Waals surface area contributed by atoms with Crippen LogP contribution in [0.4, 0.5) is 0 Å². The zero-order valence-corrected chi connectivity index (χ0v) is 8.17. The summed E-state index contributed by atoms with van der Waals surface area (Å²) >= 11 is 0. The van der Waals surface area contributed by atoms with Gasteiger partial charge in [0, 0.05) is 12.2 Å². The summed E-state index contributed by atoms with van der Waals surface area (Å²) in [5.41, 5.74) is 2.22. The van der Waals surface area contributed by atoms with Crippen LogP contribution in [0.3, 0.4) is 0 Å². The Bertz CT molecular complexity index is 194. The van der Waals surface area contributed by atoms with Gasteiger partial charge in [-0.3, -0.25) is 0 Å². The minimum absolute atomic E-state index is 0.422. The monoisotopic (exact) mass is 185 g/mol. The van der Waals surface area contributed by atoms with Gasteiger partial charge in [0.2, 0.25) is 9.04 Å².